The number of halogens is 1. The number of carbonyl (C=O) groups is 1. The fourth-order valence-electron chi connectivity index (χ4n) is 2.06. The van der Waals surface area contributed by atoms with Crippen molar-refractivity contribution in [3.8, 4) is 11.5 Å². The summed E-state index contributed by atoms with van der Waals surface area (Å²) >= 11 is 5.96. The molecule has 0 atom stereocenters. The first-order valence-corrected chi connectivity index (χ1v) is 7.79. The summed E-state index contributed by atoms with van der Waals surface area (Å²) < 4.78 is 10.6. The molecule has 6 heteroatoms. The van der Waals surface area contributed by atoms with Crippen LogP contribution < -0.4 is 14.9 Å². The van der Waals surface area contributed by atoms with Gasteiger partial charge < -0.3 is 9.47 Å². The van der Waals surface area contributed by atoms with E-state index in [-0.39, 0.29) is 12.5 Å². The zero-order valence-corrected chi connectivity index (χ0v) is 14.3. The van der Waals surface area contributed by atoms with Gasteiger partial charge in [0.05, 0.1) is 12.1 Å². The van der Waals surface area contributed by atoms with Gasteiger partial charge in [-0.3, -0.25) is 4.79 Å². The Balaban J connectivity index is 1.85. The van der Waals surface area contributed by atoms with Crippen LogP contribution in [0.4, 0.5) is 0 Å². The quantitative estimate of drug-likeness (QED) is 0.617. The number of nitrogens with zero attached hydrogens (tertiary/aromatic N) is 1. The number of nitrogens with one attached hydrogen (secondary N) is 1. The van der Waals surface area contributed by atoms with Crippen molar-refractivity contribution < 1.29 is 14.3 Å². The first kappa shape index (κ1) is 17.8. The SMILES string of the molecule is COc1ccccc1C/C(C)=N\NC(=O)COc1ccccc1Cl. The van der Waals surface area contributed by atoms with Crippen LogP contribution in [-0.4, -0.2) is 25.3 Å². The summed E-state index contributed by atoms with van der Waals surface area (Å²) in [6, 6.07) is 14.7. The van der Waals surface area contributed by atoms with E-state index < -0.39 is 0 Å². The lowest BCUT2D eigenvalue weighted by molar-refractivity contribution is -0.123. The molecule has 0 saturated carbocycles. The Hall–Kier alpha value is -2.53. The van der Waals surface area contributed by atoms with E-state index in [0.717, 1.165) is 17.0 Å². The van der Waals surface area contributed by atoms with Crippen LogP contribution in [-0.2, 0) is 11.2 Å². The lowest BCUT2D eigenvalue weighted by atomic mass is 10.1. The molecule has 0 radical (unpaired) electrons. The van der Waals surface area contributed by atoms with E-state index in [9.17, 15) is 4.79 Å². The number of carbonyl (C=O) groups excluding carboxylic acids is 1. The molecule has 126 valence electrons. The van der Waals surface area contributed by atoms with Crippen LogP contribution in [0.2, 0.25) is 5.02 Å². The molecular weight excluding hydrogens is 328 g/mol. The summed E-state index contributed by atoms with van der Waals surface area (Å²) in [4.78, 5) is 11.8. The van der Waals surface area contributed by atoms with Crippen molar-refractivity contribution in [3.05, 3.63) is 59.1 Å². The maximum atomic E-state index is 11.8. The Morgan fingerprint density at radius 2 is 1.79 bits per heavy atom. The van der Waals surface area contributed by atoms with Gasteiger partial charge in [-0.05, 0) is 30.7 Å². The average Bonchev–Trinajstić information content (AvgIpc) is 2.59. The third kappa shape index (κ3) is 5.28. The van der Waals surface area contributed by atoms with Crippen molar-refractivity contribution in [2.75, 3.05) is 13.7 Å². The number of benzene rings is 2. The Morgan fingerprint density at radius 3 is 2.50 bits per heavy atom. The van der Waals surface area contributed by atoms with Crippen molar-refractivity contribution in [2.24, 2.45) is 5.10 Å². The molecule has 0 aliphatic heterocycles. The third-order valence-corrected chi connectivity index (χ3v) is 3.52. The second-order valence-electron chi connectivity index (χ2n) is 5.09. The van der Waals surface area contributed by atoms with E-state index in [0.29, 0.717) is 17.2 Å². The van der Waals surface area contributed by atoms with Gasteiger partial charge in [0.2, 0.25) is 0 Å². The summed E-state index contributed by atoms with van der Waals surface area (Å²) in [5, 5.41) is 4.54. The molecule has 24 heavy (non-hydrogen) atoms. The second-order valence-corrected chi connectivity index (χ2v) is 5.50. The van der Waals surface area contributed by atoms with E-state index in [4.69, 9.17) is 21.1 Å². The Bertz CT molecular complexity index is 732. The second kappa shape index (κ2) is 8.93. The highest BCUT2D eigenvalue weighted by molar-refractivity contribution is 6.32. The van der Waals surface area contributed by atoms with Gasteiger partial charge in [-0.1, -0.05) is 41.9 Å². The predicted octanol–water partition coefficient (Wildman–Crippen LogP) is 3.46. The van der Waals surface area contributed by atoms with Gasteiger partial charge >= 0.3 is 0 Å². The first-order valence-electron chi connectivity index (χ1n) is 7.41. The summed E-state index contributed by atoms with van der Waals surface area (Å²) in [7, 11) is 1.62. The molecule has 0 bridgehead atoms. The first-order chi connectivity index (χ1) is 11.6. The number of amides is 1. The largest absolute Gasteiger partial charge is 0.496 e. The summed E-state index contributed by atoms with van der Waals surface area (Å²) in [6.45, 7) is 1.68. The number of hydrazone groups is 1. The Labute approximate surface area is 146 Å². The molecule has 0 aromatic heterocycles. The van der Waals surface area contributed by atoms with E-state index in [2.05, 4.69) is 10.5 Å². The molecule has 0 unspecified atom stereocenters. The van der Waals surface area contributed by atoms with Crippen molar-refractivity contribution in [3.63, 3.8) is 0 Å². The van der Waals surface area contributed by atoms with Gasteiger partial charge in [-0.25, -0.2) is 5.43 Å². The molecule has 0 saturated heterocycles. The zero-order valence-electron chi connectivity index (χ0n) is 13.6. The van der Waals surface area contributed by atoms with Crippen LogP contribution in [0.1, 0.15) is 12.5 Å². The highest BCUT2D eigenvalue weighted by Gasteiger charge is 2.06. The van der Waals surface area contributed by atoms with E-state index in [1.54, 1.807) is 31.4 Å². The van der Waals surface area contributed by atoms with Gasteiger partial charge in [-0.15, -0.1) is 0 Å². The molecule has 2 aromatic carbocycles. The van der Waals surface area contributed by atoms with Crippen molar-refractivity contribution in [1.29, 1.82) is 0 Å². The molecule has 1 N–H and O–H groups in total. The number of rotatable bonds is 7. The highest BCUT2D eigenvalue weighted by atomic mass is 35.5. The minimum absolute atomic E-state index is 0.158. The van der Waals surface area contributed by atoms with Gasteiger partial charge in [0.25, 0.3) is 5.91 Å². The molecule has 0 spiro atoms. The molecule has 1 amide bonds. The number of para-hydroxylation sites is 2. The molecule has 0 aliphatic rings. The van der Waals surface area contributed by atoms with E-state index in [1.165, 1.54) is 0 Å². The van der Waals surface area contributed by atoms with Crippen molar-refractivity contribution in [2.45, 2.75) is 13.3 Å². The van der Waals surface area contributed by atoms with Gasteiger partial charge in [0, 0.05) is 12.1 Å². The molecule has 0 heterocycles. The average molecular weight is 347 g/mol. The third-order valence-electron chi connectivity index (χ3n) is 3.21. The highest BCUT2D eigenvalue weighted by Crippen LogP contribution is 2.22. The van der Waals surface area contributed by atoms with Crippen LogP contribution >= 0.6 is 11.6 Å². The Morgan fingerprint density at radius 1 is 1.12 bits per heavy atom. The summed E-state index contributed by atoms with van der Waals surface area (Å²) in [5.41, 5.74) is 4.23. The molecule has 0 fully saturated rings. The maximum absolute atomic E-state index is 11.8. The summed E-state index contributed by atoms with van der Waals surface area (Å²) in [6.07, 6.45) is 0.579. The smallest absolute Gasteiger partial charge is 0.277 e. The van der Waals surface area contributed by atoms with Crippen molar-refractivity contribution >= 4 is 23.2 Å². The molecule has 5 nitrogen and oxygen atoms in total. The van der Waals surface area contributed by atoms with Crippen LogP contribution in [0, 0.1) is 0 Å². The number of methoxy groups -OCH3 is 1. The summed E-state index contributed by atoms with van der Waals surface area (Å²) in [5.74, 6) is 0.902. The minimum Gasteiger partial charge on any atom is -0.496 e. The zero-order chi connectivity index (χ0) is 17.4. The Kier molecular flexibility index (Phi) is 6.63. The maximum Gasteiger partial charge on any atom is 0.277 e. The molecule has 2 rings (SSSR count). The van der Waals surface area contributed by atoms with Crippen LogP contribution in [0.3, 0.4) is 0 Å². The normalized spacial score (nSPS) is 11.0. The van der Waals surface area contributed by atoms with Gasteiger partial charge in [0.15, 0.2) is 6.61 Å². The van der Waals surface area contributed by atoms with Gasteiger partial charge in [-0.2, -0.15) is 5.10 Å². The topological polar surface area (TPSA) is 59.9 Å². The predicted molar refractivity (Wildman–Crippen MR) is 94.9 cm³/mol. The van der Waals surface area contributed by atoms with E-state index >= 15 is 0 Å². The standard InChI is InChI=1S/C18H19ClN2O3/c1-13(11-14-7-3-5-9-16(14)23-2)20-21-18(22)12-24-17-10-6-4-8-15(17)19/h3-10H,11-12H2,1-2H3,(H,21,22)/b20-13-. The number of hydrogen-bond donors (Lipinski definition) is 1. The number of hydrogen-bond acceptors (Lipinski definition) is 4. The lowest BCUT2D eigenvalue weighted by Crippen LogP contribution is -2.25. The fourth-order valence-corrected chi connectivity index (χ4v) is 2.25. The molecule has 0 aliphatic carbocycles. The van der Waals surface area contributed by atoms with Crippen LogP contribution in [0.15, 0.2) is 53.6 Å². The minimum atomic E-state index is -0.353. The van der Waals surface area contributed by atoms with Gasteiger partial charge in [0.1, 0.15) is 11.5 Å². The fraction of sp³-hybridized carbons (Fsp3) is 0.222. The monoisotopic (exact) mass is 346 g/mol. The molecular formula is C18H19ClN2O3. The van der Waals surface area contributed by atoms with Crippen molar-refractivity contribution in [1.82, 2.24) is 5.43 Å². The van der Waals surface area contributed by atoms with Crippen LogP contribution in [0.25, 0.3) is 0 Å². The molecule has 2 aromatic rings. The number of ether oxygens (including phenoxy) is 2. The van der Waals surface area contributed by atoms with E-state index in [1.807, 2.05) is 31.2 Å². The van der Waals surface area contributed by atoms with Crippen LogP contribution in [0.5, 0.6) is 11.5 Å². The lowest BCUT2D eigenvalue weighted by Gasteiger charge is -2.09.